The van der Waals surface area contributed by atoms with E-state index in [4.69, 9.17) is 5.73 Å². The molecule has 4 nitrogen and oxygen atoms in total. The summed E-state index contributed by atoms with van der Waals surface area (Å²) in [5, 5.41) is 0. The molecule has 0 saturated heterocycles. The Balaban J connectivity index is 2.03. The minimum absolute atomic E-state index is 0.0120. The molecule has 0 spiro atoms. The summed E-state index contributed by atoms with van der Waals surface area (Å²) in [7, 11) is 1.84. The van der Waals surface area contributed by atoms with Gasteiger partial charge in [-0.25, -0.2) is 0 Å². The van der Waals surface area contributed by atoms with Gasteiger partial charge in [0.1, 0.15) is 6.29 Å². The second-order valence-electron chi connectivity index (χ2n) is 5.22. The fourth-order valence-electron chi connectivity index (χ4n) is 2.56. The van der Waals surface area contributed by atoms with Gasteiger partial charge in [-0.1, -0.05) is 12.1 Å². The third-order valence-electron chi connectivity index (χ3n) is 3.90. The Morgan fingerprint density at radius 2 is 1.79 bits per heavy atom. The van der Waals surface area contributed by atoms with Crippen molar-refractivity contribution in [2.75, 3.05) is 7.05 Å². The van der Waals surface area contributed by atoms with E-state index in [0.717, 1.165) is 32.0 Å². The Kier molecular flexibility index (Phi) is 4.32. The van der Waals surface area contributed by atoms with E-state index in [2.05, 4.69) is 0 Å². The van der Waals surface area contributed by atoms with E-state index in [1.165, 1.54) is 0 Å². The quantitative estimate of drug-likeness (QED) is 0.843. The van der Waals surface area contributed by atoms with Gasteiger partial charge in [-0.3, -0.25) is 9.59 Å². The standard InChI is InChI=1S/C15H20N2O2/c1-17(14-8-6-13(16)7-9-14)15(19)12-4-2-11(10-18)3-5-12/h2-5,10,13-14H,6-9,16H2,1H3. The van der Waals surface area contributed by atoms with Gasteiger partial charge in [-0.15, -0.1) is 0 Å². The van der Waals surface area contributed by atoms with Crippen molar-refractivity contribution in [1.82, 2.24) is 4.90 Å². The van der Waals surface area contributed by atoms with Crippen LogP contribution in [0.15, 0.2) is 24.3 Å². The van der Waals surface area contributed by atoms with Gasteiger partial charge in [0.2, 0.25) is 0 Å². The lowest BCUT2D eigenvalue weighted by atomic mass is 9.90. The van der Waals surface area contributed by atoms with Crippen LogP contribution in [0.1, 0.15) is 46.4 Å². The Hall–Kier alpha value is -1.68. The van der Waals surface area contributed by atoms with Crippen LogP contribution in [0.3, 0.4) is 0 Å². The van der Waals surface area contributed by atoms with Gasteiger partial charge >= 0.3 is 0 Å². The molecule has 0 unspecified atom stereocenters. The number of amides is 1. The predicted octanol–water partition coefficient (Wildman–Crippen LogP) is 1.84. The molecule has 19 heavy (non-hydrogen) atoms. The molecule has 1 aromatic rings. The number of hydrogen-bond donors (Lipinski definition) is 1. The lowest BCUT2D eigenvalue weighted by molar-refractivity contribution is 0.0689. The fourth-order valence-corrected chi connectivity index (χ4v) is 2.56. The first-order valence-corrected chi connectivity index (χ1v) is 6.70. The van der Waals surface area contributed by atoms with Crippen molar-refractivity contribution in [3.63, 3.8) is 0 Å². The second kappa shape index (κ2) is 5.97. The summed E-state index contributed by atoms with van der Waals surface area (Å²) in [6.07, 6.45) is 4.67. The maximum atomic E-state index is 12.3. The second-order valence-corrected chi connectivity index (χ2v) is 5.22. The minimum atomic E-state index is 0.0120. The third kappa shape index (κ3) is 3.20. The summed E-state index contributed by atoms with van der Waals surface area (Å²) in [5.74, 6) is 0.0120. The monoisotopic (exact) mass is 260 g/mol. The van der Waals surface area contributed by atoms with E-state index in [9.17, 15) is 9.59 Å². The zero-order valence-corrected chi connectivity index (χ0v) is 11.2. The SMILES string of the molecule is CN(C(=O)c1ccc(C=O)cc1)C1CCC(N)CC1. The van der Waals surface area contributed by atoms with Gasteiger partial charge in [-0.05, 0) is 37.8 Å². The van der Waals surface area contributed by atoms with Crippen molar-refractivity contribution in [3.05, 3.63) is 35.4 Å². The van der Waals surface area contributed by atoms with E-state index in [0.29, 0.717) is 11.1 Å². The number of hydrogen-bond acceptors (Lipinski definition) is 3. The minimum Gasteiger partial charge on any atom is -0.339 e. The molecule has 1 amide bonds. The van der Waals surface area contributed by atoms with Crippen molar-refractivity contribution in [3.8, 4) is 0 Å². The molecule has 0 atom stereocenters. The van der Waals surface area contributed by atoms with Crippen LogP contribution in [0.25, 0.3) is 0 Å². The first-order valence-electron chi connectivity index (χ1n) is 6.70. The molecule has 1 aromatic carbocycles. The zero-order valence-electron chi connectivity index (χ0n) is 11.2. The van der Waals surface area contributed by atoms with Crippen molar-refractivity contribution < 1.29 is 9.59 Å². The van der Waals surface area contributed by atoms with Crippen molar-refractivity contribution in [2.45, 2.75) is 37.8 Å². The van der Waals surface area contributed by atoms with Crippen LogP contribution in [-0.4, -0.2) is 36.2 Å². The first kappa shape index (κ1) is 13.7. The number of carbonyl (C=O) groups excluding carboxylic acids is 2. The molecule has 1 aliphatic carbocycles. The van der Waals surface area contributed by atoms with Crippen LogP contribution < -0.4 is 5.73 Å². The number of nitrogens with two attached hydrogens (primary N) is 1. The first-order chi connectivity index (χ1) is 9.11. The van der Waals surface area contributed by atoms with Crippen molar-refractivity contribution in [1.29, 1.82) is 0 Å². The molecule has 0 heterocycles. The predicted molar refractivity (Wildman–Crippen MR) is 74.2 cm³/mol. The lowest BCUT2D eigenvalue weighted by Gasteiger charge is -2.33. The highest BCUT2D eigenvalue weighted by molar-refractivity contribution is 5.94. The Morgan fingerprint density at radius 3 is 2.32 bits per heavy atom. The largest absolute Gasteiger partial charge is 0.339 e. The van der Waals surface area contributed by atoms with E-state index in [1.54, 1.807) is 24.3 Å². The highest BCUT2D eigenvalue weighted by Crippen LogP contribution is 2.22. The van der Waals surface area contributed by atoms with Crippen LogP contribution in [0, 0.1) is 0 Å². The molecule has 2 N–H and O–H groups in total. The van der Waals surface area contributed by atoms with Crippen LogP contribution in [0.4, 0.5) is 0 Å². The highest BCUT2D eigenvalue weighted by atomic mass is 16.2. The molecular weight excluding hydrogens is 240 g/mol. The van der Waals surface area contributed by atoms with E-state index in [1.807, 2.05) is 11.9 Å². The number of aldehydes is 1. The average molecular weight is 260 g/mol. The van der Waals surface area contributed by atoms with Gasteiger partial charge in [0.25, 0.3) is 5.91 Å². The molecule has 1 fully saturated rings. The van der Waals surface area contributed by atoms with Crippen molar-refractivity contribution in [2.24, 2.45) is 5.73 Å². The Morgan fingerprint density at radius 1 is 1.21 bits per heavy atom. The summed E-state index contributed by atoms with van der Waals surface area (Å²) in [4.78, 5) is 24.7. The topological polar surface area (TPSA) is 63.4 Å². The van der Waals surface area contributed by atoms with Crippen LogP contribution in [-0.2, 0) is 0 Å². The maximum Gasteiger partial charge on any atom is 0.253 e. The van der Waals surface area contributed by atoms with Gasteiger partial charge in [0, 0.05) is 30.3 Å². The van der Waals surface area contributed by atoms with Gasteiger partial charge < -0.3 is 10.6 Å². The van der Waals surface area contributed by atoms with Crippen LogP contribution >= 0.6 is 0 Å². The number of carbonyl (C=O) groups is 2. The maximum absolute atomic E-state index is 12.3. The summed E-state index contributed by atoms with van der Waals surface area (Å²) in [6.45, 7) is 0. The van der Waals surface area contributed by atoms with Crippen LogP contribution in [0.5, 0.6) is 0 Å². The lowest BCUT2D eigenvalue weighted by Crippen LogP contribution is -2.41. The molecule has 4 heteroatoms. The number of nitrogens with zero attached hydrogens (tertiary/aromatic N) is 1. The zero-order chi connectivity index (χ0) is 13.8. The average Bonchev–Trinajstić information content (AvgIpc) is 2.46. The van der Waals surface area contributed by atoms with E-state index in [-0.39, 0.29) is 18.0 Å². The smallest absolute Gasteiger partial charge is 0.253 e. The number of rotatable bonds is 3. The third-order valence-corrected chi connectivity index (χ3v) is 3.90. The van der Waals surface area contributed by atoms with Crippen molar-refractivity contribution >= 4 is 12.2 Å². The molecule has 0 bridgehead atoms. The molecule has 1 saturated carbocycles. The number of benzene rings is 1. The Labute approximate surface area is 113 Å². The van der Waals surface area contributed by atoms with E-state index >= 15 is 0 Å². The van der Waals surface area contributed by atoms with Gasteiger partial charge in [0.05, 0.1) is 0 Å². The molecule has 0 radical (unpaired) electrons. The van der Waals surface area contributed by atoms with E-state index < -0.39 is 0 Å². The molecule has 0 aromatic heterocycles. The summed E-state index contributed by atoms with van der Waals surface area (Å²) in [5.41, 5.74) is 7.09. The van der Waals surface area contributed by atoms with Crippen LogP contribution in [0.2, 0.25) is 0 Å². The van der Waals surface area contributed by atoms with Gasteiger partial charge in [-0.2, -0.15) is 0 Å². The molecule has 0 aliphatic heterocycles. The highest BCUT2D eigenvalue weighted by Gasteiger charge is 2.25. The van der Waals surface area contributed by atoms with Gasteiger partial charge in [0.15, 0.2) is 0 Å². The Bertz CT molecular complexity index is 448. The summed E-state index contributed by atoms with van der Waals surface area (Å²) >= 11 is 0. The molecule has 102 valence electrons. The normalized spacial score (nSPS) is 22.8. The molecular formula is C15H20N2O2. The summed E-state index contributed by atoms with van der Waals surface area (Å²) in [6, 6.07) is 7.31. The molecule has 1 aliphatic rings. The molecule has 2 rings (SSSR count). The summed E-state index contributed by atoms with van der Waals surface area (Å²) < 4.78 is 0. The fraction of sp³-hybridized carbons (Fsp3) is 0.467.